The van der Waals surface area contributed by atoms with E-state index in [-0.39, 0.29) is 58.1 Å². The Morgan fingerprint density at radius 3 is 2.56 bits per heavy atom. The fourth-order valence-electron chi connectivity index (χ4n) is 10.0. The molecule has 4 aliphatic carbocycles. The van der Waals surface area contributed by atoms with Crippen molar-refractivity contribution in [1.82, 2.24) is 0 Å². The molecule has 1 N–H and O–H groups in total. The van der Waals surface area contributed by atoms with Gasteiger partial charge >= 0.3 is 5.97 Å². The summed E-state index contributed by atoms with van der Waals surface area (Å²) in [5.74, 6) is 0.507. The second-order valence-electron chi connectivity index (χ2n) is 13.3. The highest BCUT2D eigenvalue weighted by Gasteiger charge is 2.69. The van der Waals surface area contributed by atoms with E-state index in [0.29, 0.717) is 18.3 Å². The molecule has 5 nitrogen and oxygen atoms in total. The molecular weight excluding hydrogens is 404 g/mol. The van der Waals surface area contributed by atoms with Gasteiger partial charge in [0.1, 0.15) is 18.0 Å². The maximum absolute atomic E-state index is 12.8. The molecule has 10 unspecified atom stereocenters. The van der Waals surface area contributed by atoms with Crippen LogP contribution in [0.1, 0.15) is 92.9 Å². The van der Waals surface area contributed by atoms with Gasteiger partial charge in [-0.15, -0.1) is 0 Å². The van der Waals surface area contributed by atoms with E-state index in [4.69, 9.17) is 9.47 Å². The van der Waals surface area contributed by atoms with Crippen LogP contribution in [0.15, 0.2) is 0 Å². The molecule has 0 aromatic carbocycles. The van der Waals surface area contributed by atoms with E-state index >= 15 is 0 Å². The number of carbonyl (C=O) groups is 2. The Balaban J connectivity index is 1.49. The van der Waals surface area contributed by atoms with Crippen molar-refractivity contribution in [3.05, 3.63) is 0 Å². The lowest BCUT2D eigenvalue weighted by molar-refractivity contribution is -0.228. The van der Waals surface area contributed by atoms with Crippen LogP contribution in [0.2, 0.25) is 0 Å². The van der Waals surface area contributed by atoms with Crippen LogP contribution in [0.25, 0.3) is 0 Å². The molecule has 5 aliphatic rings. The van der Waals surface area contributed by atoms with Gasteiger partial charge in [-0.05, 0) is 66.6 Å². The minimum atomic E-state index is -0.427. The van der Waals surface area contributed by atoms with E-state index in [0.717, 1.165) is 25.7 Å². The van der Waals surface area contributed by atoms with Gasteiger partial charge in [-0.3, -0.25) is 9.59 Å². The van der Waals surface area contributed by atoms with Crippen molar-refractivity contribution in [1.29, 1.82) is 0 Å². The summed E-state index contributed by atoms with van der Waals surface area (Å²) in [4.78, 5) is 24.7. The third-order valence-electron chi connectivity index (χ3n) is 10.8. The van der Waals surface area contributed by atoms with E-state index < -0.39 is 5.60 Å². The number of hydrogen-bond acceptors (Lipinski definition) is 5. The van der Waals surface area contributed by atoms with Crippen LogP contribution in [0.3, 0.4) is 0 Å². The van der Waals surface area contributed by atoms with Crippen molar-refractivity contribution in [2.75, 3.05) is 0 Å². The van der Waals surface area contributed by atoms with Crippen LogP contribution in [0.4, 0.5) is 0 Å². The van der Waals surface area contributed by atoms with Gasteiger partial charge in [0, 0.05) is 25.2 Å². The summed E-state index contributed by atoms with van der Waals surface area (Å²) in [6.07, 6.45) is 6.69. The number of carbonyl (C=O) groups excluding carboxylic acids is 2. The standard InChI is InChI=1S/C27H42O5/c1-15-18(29)12-17-22(31-16(2)28)21(15)32-27(17)11-8-20-25(5,14-27)13-19(30)23-24(3,4)9-7-10-26(20,23)6/h15,17,19-23,30H,7-14H2,1-6H3. The summed E-state index contributed by atoms with van der Waals surface area (Å²) in [5.41, 5.74) is -0.183. The number of aliphatic hydroxyl groups is 1. The first-order valence-electron chi connectivity index (χ1n) is 12.9. The summed E-state index contributed by atoms with van der Waals surface area (Å²) >= 11 is 0. The van der Waals surface area contributed by atoms with Gasteiger partial charge in [-0.1, -0.05) is 41.0 Å². The quantitative estimate of drug-likeness (QED) is 0.592. The first-order valence-corrected chi connectivity index (χ1v) is 12.9. The Morgan fingerprint density at radius 2 is 1.88 bits per heavy atom. The van der Waals surface area contributed by atoms with Gasteiger partial charge in [-0.2, -0.15) is 0 Å². The highest BCUT2D eigenvalue weighted by molar-refractivity contribution is 5.83. The van der Waals surface area contributed by atoms with Crippen LogP contribution >= 0.6 is 0 Å². The van der Waals surface area contributed by atoms with Crippen LogP contribution in [0.5, 0.6) is 0 Å². The van der Waals surface area contributed by atoms with Gasteiger partial charge in [0.25, 0.3) is 0 Å². The lowest BCUT2D eigenvalue weighted by Crippen LogP contribution is -2.64. The lowest BCUT2D eigenvalue weighted by atomic mass is 9.39. The molecule has 0 amide bonds. The number of hydrogen-bond donors (Lipinski definition) is 1. The van der Waals surface area contributed by atoms with Crippen molar-refractivity contribution >= 4 is 11.8 Å². The molecule has 1 spiro atoms. The molecule has 5 rings (SSSR count). The van der Waals surface area contributed by atoms with Crippen LogP contribution in [-0.4, -0.2) is 40.8 Å². The molecule has 0 aromatic heterocycles. The van der Waals surface area contributed by atoms with Gasteiger partial charge < -0.3 is 14.6 Å². The monoisotopic (exact) mass is 446 g/mol. The smallest absolute Gasteiger partial charge is 0.303 e. The maximum atomic E-state index is 12.8. The van der Waals surface area contributed by atoms with E-state index in [2.05, 4.69) is 27.7 Å². The molecule has 0 radical (unpaired) electrons. The van der Waals surface area contributed by atoms with Crippen molar-refractivity contribution in [2.45, 2.75) is 117 Å². The van der Waals surface area contributed by atoms with E-state index in [9.17, 15) is 14.7 Å². The second-order valence-corrected chi connectivity index (χ2v) is 13.3. The molecule has 1 heterocycles. The van der Waals surface area contributed by atoms with Gasteiger partial charge in [0.05, 0.1) is 11.7 Å². The van der Waals surface area contributed by atoms with E-state index in [1.54, 1.807) is 0 Å². The predicted molar refractivity (Wildman–Crippen MR) is 121 cm³/mol. The molecule has 1 saturated heterocycles. The van der Waals surface area contributed by atoms with Crippen LogP contribution < -0.4 is 0 Å². The number of ketones is 1. The molecule has 5 heteroatoms. The largest absolute Gasteiger partial charge is 0.459 e. The topological polar surface area (TPSA) is 72.8 Å². The highest BCUT2D eigenvalue weighted by atomic mass is 16.6. The third-order valence-corrected chi connectivity index (χ3v) is 10.8. The van der Waals surface area contributed by atoms with Crippen LogP contribution in [0, 0.1) is 39.9 Å². The third kappa shape index (κ3) is 3.02. The summed E-state index contributed by atoms with van der Waals surface area (Å²) in [5, 5.41) is 11.5. The Labute approximate surface area is 193 Å². The molecule has 2 bridgehead atoms. The zero-order valence-corrected chi connectivity index (χ0v) is 20.8. The fourth-order valence-corrected chi connectivity index (χ4v) is 10.0. The number of Topliss-reactive ketones (excluding diaryl/α,β-unsaturated/α-hetero) is 1. The first kappa shape index (κ1) is 22.8. The highest BCUT2D eigenvalue weighted by Crippen LogP contribution is 2.70. The van der Waals surface area contributed by atoms with Crippen molar-refractivity contribution < 1.29 is 24.2 Å². The molecular formula is C27H42O5. The fraction of sp³-hybridized carbons (Fsp3) is 0.926. The Bertz CT molecular complexity index is 821. The normalized spacial score (nSPS) is 54.1. The Hall–Kier alpha value is -0.940. The maximum Gasteiger partial charge on any atom is 0.303 e. The molecule has 5 fully saturated rings. The average molecular weight is 447 g/mol. The van der Waals surface area contributed by atoms with Gasteiger partial charge in [0.2, 0.25) is 0 Å². The number of rotatable bonds is 1. The van der Waals surface area contributed by atoms with Crippen molar-refractivity contribution in [3.8, 4) is 0 Å². The molecule has 4 saturated carbocycles. The molecule has 180 valence electrons. The zero-order chi connectivity index (χ0) is 23.3. The second kappa shape index (κ2) is 7.04. The number of ether oxygens (including phenoxy) is 2. The minimum Gasteiger partial charge on any atom is -0.459 e. The molecule has 0 aromatic rings. The lowest BCUT2D eigenvalue weighted by Gasteiger charge is -2.67. The summed E-state index contributed by atoms with van der Waals surface area (Å²) in [7, 11) is 0. The molecule has 32 heavy (non-hydrogen) atoms. The summed E-state index contributed by atoms with van der Waals surface area (Å²) in [6, 6.07) is 0. The number of esters is 1. The average Bonchev–Trinajstić information content (AvgIpc) is 2.85. The molecule has 1 aliphatic heterocycles. The van der Waals surface area contributed by atoms with Crippen LogP contribution in [-0.2, 0) is 19.1 Å². The Morgan fingerprint density at radius 1 is 1.16 bits per heavy atom. The predicted octanol–water partition coefficient (Wildman–Crippen LogP) is 4.68. The van der Waals surface area contributed by atoms with E-state index in [1.165, 1.54) is 26.2 Å². The van der Waals surface area contributed by atoms with Gasteiger partial charge in [-0.25, -0.2) is 0 Å². The number of fused-ring (bicyclic) bond motifs is 6. The Kier molecular flexibility index (Phi) is 5.02. The number of aliphatic hydroxyl groups excluding tert-OH is 1. The minimum absolute atomic E-state index is 0.0408. The van der Waals surface area contributed by atoms with E-state index in [1.807, 2.05) is 6.92 Å². The van der Waals surface area contributed by atoms with Crippen molar-refractivity contribution in [3.63, 3.8) is 0 Å². The zero-order valence-electron chi connectivity index (χ0n) is 20.8. The first-order chi connectivity index (χ1) is 14.8. The van der Waals surface area contributed by atoms with Crippen molar-refractivity contribution in [2.24, 2.45) is 39.9 Å². The molecule has 10 atom stereocenters. The van der Waals surface area contributed by atoms with Gasteiger partial charge in [0.15, 0.2) is 0 Å². The SMILES string of the molecule is CC(=O)OC1C2OC3(CCC4C(C)(CC(O)C5C(C)(C)CCCC54C)C3)C1CC(=O)C2C. The summed E-state index contributed by atoms with van der Waals surface area (Å²) in [6.45, 7) is 12.9. The summed E-state index contributed by atoms with van der Waals surface area (Å²) < 4.78 is 12.6.